The third-order valence-corrected chi connectivity index (χ3v) is 23.1. The number of hydrogen-bond acceptors (Lipinski definition) is 25. The van der Waals surface area contributed by atoms with E-state index in [1.807, 2.05) is 111 Å². The Morgan fingerprint density at radius 3 is 0.401 bits per heavy atom. The maximum absolute atomic E-state index is 15.0. The molecule has 0 radical (unpaired) electrons. The van der Waals surface area contributed by atoms with Crippen LogP contribution in [0.2, 0.25) is 0 Å². The summed E-state index contributed by atoms with van der Waals surface area (Å²) in [6, 6.07) is -20.0. The average Bonchev–Trinajstić information content (AvgIpc) is 0.849. The summed E-state index contributed by atoms with van der Waals surface area (Å²) in [7, 11) is 0. The molecule has 41 heteroatoms. The second-order valence-corrected chi connectivity index (χ2v) is 40.2. The lowest BCUT2D eigenvalue weighted by molar-refractivity contribution is -0.142. The zero-order valence-electron chi connectivity index (χ0n) is 85.8. The Morgan fingerprint density at radius 1 is 0.168 bits per heavy atom. The van der Waals surface area contributed by atoms with Gasteiger partial charge < -0.3 is 136 Å². The largest absolute Gasteiger partial charge is 0.480 e. The minimum atomic E-state index is -1.34. The lowest BCUT2D eigenvalue weighted by atomic mass is 9.98. The molecule has 16 atom stereocenters. The number of hydrogen-bond donors (Lipinski definition) is 25. The molecule has 0 aliphatic carbocycles. The molecular formula is C96H186N24O17. The topological polar surface area (TPSA) is 708 Å². The normalized spacial score (nSPS) is 15.2. The van der Waals surface area contributed by atoms with E-state index in [9.17, 15) is 81.8 Å². The van der Waals surface area contributed by atoms with E-state index in [0.29, 0.717) is 122 Å². The van der Waals surface area contributed by atoms with Gasteiger partial charge >= 0.3 is 5.97 Å². The Balaban J connectivity index is 7.54. The Kier molecular flexibility index (Phi) is 68.6. The highest BCUT2D eigenvalue weighted by molar-refractivity contribution is 6.01. The summed E-state index contributed by atoms with van der Waals surface area (Å²) in [5.74, 6) is -13.7. The number of aliphatic carboxylic acids is 1. The molecule has 137 heavy (non-hydrogen) atoms. The second kappa shape index (κ2) is 73.3. The van der Waals surface area contributed by atoms with Crippen molar-refractivity contribution in [2.75, 3.05) is 52.4 Å². The van der Waals surface area contributed by atoms with Gasteiger partial charge in [-0.2, -0.15) is 0 Å². The van der Waals surface area contributed by atoms with Gasteiger partial charge in [0, 0.05) is 0 Å². The summed E-state index contributed by atoms with van der Waals surface area (Å²) in [4.78, 5) is 231. The van der Waals surface area contributed by atoms with Crippen molar-refractivity contribution in [3.8, 4) is 0 Å². The van der Waals surface area contributed by atoms with Crippen LogP contribution in [0.3, 0.4) is 0 Å². The summed E-state index contributed by atoms with van der Waals surface area (Å²) in [6.45, 7) is 31.5. The second-order valence-electron chi connectivity index (χ2n) is 40.2. The van der Waals surface area contributed by atoms with Crippen molar-refractivity contribution < 1.29 is 81.8 Å². The SMILES string of the molecule is CC(C)C[C@H](NC(=O)[C@H](CCCCN)NC(=O)[C@H](CC(C)C)NC(=O)[C@H](CCCCN)NC(=O)[C@H](CC(C)C)NC(=O)[C@H](CCCCN)NC(=O)[C@H](CC(C)C)NC(=O)[C@H](CCCCN)NC(=O)[C@H](CC(C)C)NC(=O)[C@H](CCCCN)NC(=O)[C@H](CC(C)C)NC(=O)[C@H](CCCCN)NC(=O)[C@H](CC(C)C)NC(=O)[C@H](CCCCN)NC(=O)[C@@H](N)CC(C)C)C(=O)N[C@@H](CCCCN)C(=O)O. The number of rotatable bonds is 79. The Morgan fingerprint density at radius 2 is 0.277 bits per heavy atom. The van der Waals surface area contributed by atoms with E-state index in [2.05, 4.69) is 79.8 Å². The predicted molar refractivity (Wildman–Crippen MR) is 533 cm³/mol. The monoisotopic (exact) mass is 1950 g/mol. The molecule has 0 fully saturated rings. The summed E-state index contributed by atoms with van der Waals surface area (Å²) >= 11 is 0. The van der Waals surface area contributed by atoms with Crippen LogP contribution in [0.15, 0.2) is 0 Å². The smallest absolute Gasteiger partial charge is 0.326 e. The van der Waals surface area contributed by atoms with E-state index < -0.39 is 191 Å². The van der Waals surface area contributed by atoms with Crippen LogP contribution < -0.4 is 131 Å². The highest BCUT2D eigenvalue weighted by Gasteiger charge is 2.40. The lowest BCUT2D eigenvalue weighted by Crippen LogP contribution is -2.61. The van der Waals surface area contributed by atoms with Crippen molar-refractivity contribution in [3.05, 3.63) is 0 Å². The summed E-state index contributed by atoms with van der Waals surface area (Å²) in [6.07, 6.45) is 8.05. The average molecular weight is 1950 g/mol. The minimum Gasteiger partial charge on any atom is -0.480 e. The van der Waals surface area contributed by atoms with Gasteiger partial charge in [-0.25, -0.2) is 4.79 Å². The van der Waals surface area contributed by atoms with E-state index in [1.165, 1.54) is 0 Å². The van der Waals surface area contributed by atoms with Gasteiger partial charge in [0.15, 0.2) is 0 Å². The van der Waals surface area contributed by atoms with Crippen LogP contribution in [0.4, 0.5) is 0 Å². The minimum absolute atomic E-state index is 0.0106. The molecule has 0 saturated carbocycles. The lowest BCUT2D eigenvalue weighted by Gasteiger charge is -2.30. The molecule has 0 rings (SSSR count). The number of amides is 15. The number of carbonyl (C=O) groups is 16. The molecule has 34 N–H and O–H groups in total. The molecular weight excluding hydrogens is 1760 g/mol. The number of nitrogens with one attached hydrogen (secondary N) is 15. The quantitative estimate of drug-likeness (QED) is 0.0379. The van der Waals surface area contributed by atoms with Gasteiger partial charge in [0.05, 0.1) is 6.04 Å². The standard InChI is InChI=1S/C96H186N24O17/c1-57(2)49-65(105)81(121)106-66(33-17-25-41-97)82(122)114-74(50-58(3)4)89(129)107-67(34-18-26-42-98)83(123)115-75(51-59(5)6)90(130)108-68(35-19-27-43-99)84(124)116-76(52-60(7)8)91(131)109-69(36-20-28-44-100)85(125)117-77(53-61(9)10)92(132)110-70(37-21-29-45-101)86(126)118-78(54-62(11)12)93(133)111-71(38-22-30-46-102)87(127)119-79(55-63(13)14)94(134)112-72(39-23-31-47-103)88(128)120-80(56-64(15)16)95(135)113-73(96(136)137)40-24-32-48-104/h57-80H,17-56,97-105H2,1-16H3,(H,106,121)(H,107,129)(H,108,130)(H,109,131)(H,110,132)(H,111,133)(H,112,134)(H,113,135)(H,114,122)(H,115,123)(H,116,124)(H,117,125)(H,118,126)(H,119,127)(H,120,128)(H,136,137)/t65-,66-,67-,68-,69-,70-,71-,72-,73-,74-,75-,76-,77-,78-,79-,80-/m0/s1. The van der Waals surface area contributed by atoms with Crippen molar-refractivity contribution in [1.82, 2.24) is 79.8 Å². The zero-order chi connectivity index (χ0) is 104. The highest BCUT2D eigenvalue weighted by Crippen LogP contribution is 2.20. The Labute approximate surface area is 816 Å². The Hall–Kier alpha value is -8.84. The van der Waals surface area contributed by atoms with Gasteiger partial charge in [-0.1, -0.05) is 111 Å². The van der Waals surface area contributed by atoms with E-state index in [-0.39, 0.29) is 183 Å². The molecule has 0 saturated heterocycles. The maximum Gasteiger partial charge on any atom is 0.326 e. The van der Waals surface area contributed by atoms with Crippen LogP contribution in [0.1, 0.15) is 316 Å². The first-order chi connectivity index (χ1) is 64.7. The Bertz CT molecular complexity index is 3510. The molecule has 0 aromatic heterocycles. The van der Waals surface area contributed by atoms with Gasteiger partial charge in [-0.15, -0.1) is 0 Å². The van der Waals surface area contributed by atoms with E-state index in [1.54, 1.807) is 0 Å². The number of unbranched alkanes of at least 4 members (excludes halogenated alkanes) is 8. The van der Waals surface area contributed by atoms with Crippen molar-refractivity contribution in [2.45, 2.75) is 413 Å². The van der Waals surface area contributed by atoms with Crippen molar-refractivity contribution in [2.24, 2.45) is 98.9 Å². The maximum atomic E-state index is 15.0. The molecule has 0 heterocycles. The van der Waals surface area contributed by atoms with Gasteiger partial charge in [0.1, 0.15) is 90.6 Å². The van der Waals surface area contributed by atoms with E-state index in [4.69, 9.17) is 51.6 Å². The third kappa shape index (κ3) is 56.9. The molecule has 0 spiro atoms. The molecule has 0 aromatic rings. The van der Waals surface area contributed by atoms with Crippen LogP contribution >= 0.6 is 0 Å². The van der Waals surface area contributed by atoms with E-state index in [0.717, 1.165) is 0 Å². The van der Waals surface area contributed by atoms with Crippen LogP contribution in [-0.4, -0.2) is 249 Å². The van der Waals surface area contributed by atoms with E-state index >= 15 is 0 Å². The molecule has 792 valence electrons. The van der Waals surface area contributed by atoms with Gasteiger partial charge in [0.2, 0.25) is 88.6 Å². The summed E-state index contributed by atoms with van der Waals surface area (Å²) in [5, 5.41) is 52.0. The van der Waals surface area contributed by atoms with Gasteiger partial charge in [-0.05, 0) is 305 Å². The molecule has 0 bridgehead atoms. The first-order valence-corrected chi connectivity index (χ1v) is 50.8. The van der Waals surface area contributed by atoms with Gasteiger partial charge in [-0.3, -0.25) is 71.9 Å². The number of carboxylic acid groups (broad SMARTS) is 1. The van der Waals surface area contributed by atoms with Crippen LogP contribution in [0, 0.1) is 47.3 Å². The highest BCUT2D eigenvalue weighted by atomic mass is 16.4. The molecule has 0 aliphatic rings. The first-order valence-electron chi connectivity index (χ1n) is 50.8. The van der Waals surface area contributed by atoms with Crippen LogP contribution in [-0.2, 0) is 76.7 Å². The molecule has 0 unspecified atom stereocenters. The van der Waals surface area contributed by atoms with Crippen molar-refractivity contribution in [1.29, 1.82) is 0 Å². The molecule has 15 amide bonds. The van der Waals surface area contributed by atoms with Crippen molar-refractivity contribution >= 4 is 94.6 Å². The summed E-state index contributed by atoms with van der Waals surface area (Å²) in [5.41, 5.74) is 53.2. The fraction of sp³-hybridized carbons (Fsp3) is 0.833. The predicted octanol–water partition coefficient (Wildman–Crippen LogP) is 1.07. The third-order valence-electron chi connectivity index (χ3n) is 23.1. The number of carbonyl (C=O) groups excluding carboxylic acids is 15. The van der Waals surface area contributed by atoms with Gasteiger partial charge in [0.25, 0.3) is 0 Å². The zero-order valence-corrected chi connectivity index (χ0v) is 85.8. The first kappa shape index (κ1) is 128. The molecule has 0 aliphatic heterocycles. The van der Waals surface area contributed by atoms with Crippen LogP contribution in [0.5, 0.6) is 0 Å². The summed E-state index contributed by atoms with van der Waals surface area (Å²) < 4.78 is 0. The molecule has 0 aromatic carbocycles. The molecule has 41 nitrogen and oxygen atoms in total. The van der Waals surface area contributed by atoms with Crippen LogP contribution in [0.25, 0.3) is 0 Å². The van der Waals surface area contributed by atoms with Crippen molar-refractivity contribution in [3.63, 3.8) is 0 Å². The number of nitrogens with two attached hydrogens (primary N) is 9. The number of carboxylic acids is 1. The fourth-order valence-corrected chi connectivity index (χ4v) is 15.7. The fourth-order valence-electron chi connectivity index (χ4n) is 15.7.